The highest BCUT2D eigenvalue weighted by molar-refractivity contribution is 7.80. The van der Waals surface area contributed by atoms with Crippen molar-refractivity contribution in [1.29, 1.82) is 0 Å². The van der Waals surface area contributed by atoms with Crippen LogP contribution >= 0.6 is 23.8 Å². The molecule has 1 fully saturated rings. The minimum absolute atomic E-state index is 0.0126. The SMILES string of the molecule is CC1CCN([C@@H]2C[C@@H](NC(=O)c3cccc(Cl)c3)c3ccccc32)C1=S. The molecule has 1 saturated heterocycles. The molecule has 2 aliphatic rings. The lowest BCUT2D eigenvalue weighted by molar-refractivity contribution is 0.0933. The summed E-state index contributed by atoms with van der Waals surface area (Å²) in [6, 6.07) is 15.7. The third-order valence-corrected chi connectivity index (χ3v) is 6.34. The van der Waals surface area contributed by atoms with Gasteiger partial charge in [-0.05, 0) is 42.2 Å². The number of hydrogen-bond acceptors (Lipinski definition) is 2. The highest BCUT2D eigenvalue weighted by Crippen LogP contribution is 2.44. The molecule has 0 saturated carbocycles. The number of halogens is 1. The third-order valence-electron chi connectivity index (χ3n) is 5.47. The molecule has 1 N–H and O–H groups in total. The first-order valence-corrected chi connectivity index (χ1v) is 9.79. The summed E-state index contributed by atoms with van der Waals surface area (Å²) in [5, 5.41) is 3.76. The van der Waals surface area contributed by atoms with E-state index in [4.69, 9.17) is 23.8 Å². The maximum absolute atomic E-state index is 12.7. The Morgan fingerprint density at radius 1 is 1.19 bits per heavy atom. The summed E-state index contributed by atoms with van der Waals surface area (Å²) in [7, 11) is 0. The van der Waals surface area contributed by atoms with Crippen molar-refractivity contribution < 1.29 is 4.79 Å². The van der Waals surface area contributed by atoms with Gasteiger partial charge >= 0.3 is 0 Å². The molecule has 1 unspecified atom stereocenters. The predicted molar refractivity (Wildman–Crippen MR) is 109 cm³/mol. The summed E-state index contributed by atoms with van der Waals surface area (Å²) in [6.07, 6.45) is 1.95. The van der Waals surface area contributed by atoms with Gasteiger partial charge in [0.15, 0.2) is 0 Å². The van der Waals surface area contributed by atoms with E-state index in [1.54, 1.807) is 24.3 Å². The molecule has 1 aliphatic heterocycles. The number of likely N-dealkylation sites (tertiary alicyclic amines) is 1. The summed E-state index contributed by atoms with van der Waals surface area (Å²) >= 11 is 11.7. The smallest absolute Gasteiger partial charge is 0.251 e. The number of hydrogen-bond donors (Lipinski definition) is 1. The van der Waals surface area contributed by atoms with Gasteiger partial charge in [-0.2, -0.15) is 0 Å². The number of amides is 1. The molecule has 1 heterocycles. The molecule has 3 atom stereocenters. The Morgan fingerprint density at radius 3 is 2.65 bits per heavy atom. The highest BCUT2D eigenvalue weighted by Gasteiger charge is 2.39. The van der Waals surface area contributed by atoms with Crippen LogP contribution in [0.5, 0.6) is 0 Å². The Morgan fingerprint density at radius 2 is 1.96 bits per heavy atom. The van der Waals surface area contributed by atoms with Gasteiger partial charge in [0.2, 0.25) is 0 Å². The lowest BCUT2D eigenvalue weighted by Crippen LogP contribution is -2.31. The van der Waals surface area contributed by atoms with Gasteiger partial charge in [-0.1, -0.05) is 61.1 Å². The molecular formula is C21H21ClN2OS. The molecule has 0 bridgehead atoms. The van der Waals surface area contributed by atoms with E-state index < -0.39 is 0 Å². The summed E-state index contributed by atoms with van der Waals surface area (Å²) < 4.78 is 0. The second-order valence-electron chi connectivity index (χ2n) is 7.14. The van der Waals surface area contributed by atoms with Gasteiger partial charge < -0.3 is 10.2 Å². The maximum Gasteiger partial charge on any atom is 0.251 e. The number of thiocarbonyl (C=S) groups is 1. The zero-order valence-electron chi connectivity index (χ0n) is 14.6. The first-order valence-electron chi connectivity index (χ1n) is 9.00. The Bertz CT molecular complexity index is 869. The number of nitrogens with one attached hydrogen (secondary N) is 1. The second-order valence-corrected chi connectivity index (χ2v) is 7.99. The van der Waals surface area contributed by atoms with Gasteiger partial charge in [0.05, 0.1) is 17.1 Å². The highest BCUT2D eigenvalue weighted by atomic mass is 35.5. The van der Waals surface area contributed by atoms with Crippen LogP contribution in [0.4, 0.5) is 0 Å². The molecular weight excluding hydrogens is 364 g/mol. The topological polar surface area (TPSA) is 32.3 Å². The molecule has 26 heavy (non-hydrogen) atoms. The number of benzene rings is 2. The molecule has 0 radical (unpaired) electrons. The molecule has 1 amide bonds. The van der Waals surface area contributed by atoms with E-state index in [-0.39, 0.29) is 18.0 Å². The van der Waals surface area contributed by atoms with Crippen LogP contribution in [-0.2, 0) is 0 Å². The lowest BCUT2D eigenvalue weighted by Gasteiger charge is -2.27. The Labute approximate surface area is 164 Å². The van der Waals surface area contributed by atoms with E-state index in [0.29, 0.717) is 16.5 Å². The Kier molecular flexibility index (Phi) is 4.72. The van der Waals surface area contributed by atoms with Crippen LogP contribution in [0.1, 0.15) is 53.3 Å². The van der Waals surface area contributed by atoms with Crippen molar-refractivity contribution in [3.05, 3.63) is 70.2 Å². The Balaban J connectivity index is 1.58. The predicted octanol–water partition coefficient (Wildman–Crippen LogP) is 4.93. The fraction of sp³-hybridized carbons (Fsp3) is 0.333. The normalized spacial score (nSPS) is 24.6. The van der Waals surface area contributed by atoms with E-state index in [9.17, 15) is 4.79 Å². The van der Waals surface area contributed by atoms with Gasteiger partial charge in [-0.15, -0.1) is 0 Å². The van der Waals surface area contributed by atoms with Crippen LogP contribution < -0.4 is 5.32 Å². The van der Waals surface area contributed by atoms with Crippen LogP contribution in [0, 0.1) is 5.92 Å². The van der Waals surface area contributed by atoms with Crippen molar-refractivity contribution in [2.75, 3.05) is 6.54 Å². The van der Waals surface area contributed by atoms with Crippen LogP contribution in [0.15, 0.2) is 48.5 Å². The first-order chi connectivity index (χ1) is 12.5. The number of fused-ring (bicyclic) bond motifs is 1. The van der Waals surface area contributed by atoms with Crippen LogP contribution in [0.3, 0.4) is 0 Å². The molecule has 1 aliphatic carbocycles. The lowest BCUT2D eigenvalue weighted by atomic mass is 10.1. The summed E-state index contributed by atoms with van der Waals surface area (Å²) in [5.41, 5.74) is 3.05. The van der Waals surface area contributed by atoms with E-state index in [2.05, 4.69) is 35.3 Å². The van der Waals surface area contributed by atoms with Gasteiger partial charge in [0.25, 0.3) is 5.91 Å². The molecule has 4 rings (SSSR count). The zero-order valence-corrected chi connectivity index (χ0v) is 16.2. The van der Waals surface area contributed by atoms with Gasteiger partial charge in [-0.3, -0.25) is 4.79 Å². The van der Waals surface area contributed by atoms with E-state index in [1.165, 1.54) is 11.1 Å². The minimum Gasteiger partial charge on any atom is -0.359 e. The van der Waals surface area contributed by atoms with Gasteiger partial charge in [-0.25, -0.2) is 0 Å². The van der Waals surface area contributed by atoms with E-state index >= 15 is 0 Å². The summed E-state index contributed by atoms with van der Waals surface area (Å²) in [5.74, 6) is 0.364. The zero-order chi connectivity index (χ0) is 18.3. The average molecular weight is 385 g/mol. The fourth-order valence-corrected chi connectivity index (χ4v) is 4.60. The van der Waals surface area contributed by atoms with Crippen molar-refractivity contribution in [2.24, 2.45) is 5.92 Å². The molecule has 134 valence electrons. The molecule has 3 nitrogen and oxygen atoms in total. The largest absolute Gasteiger partial charge is 0.359 e. The first kappa shape index (κ1) is 17.5. The molecule has 0 aromatic heterocycles. The van der Waals surface area contributed by atoms with Crippen LogP contribution in [-0.4, -0.2) is 22.3 Å². The molecule has 0 spiro atoms. The number of nitrogens with zero attached hydrogens (tertiary/aromatic N) is 1. The van der Waals surface area contributed by atoms with Crippen molar-refractivity contribution >= 4 is 34.7 Å². The van der Waals surface area contributed by atoms with Crippen LogP contribution in [0.2, 0.25) is 5.02 Å². The van der Waals surface area contributed by atoms with E-state index in [1.807, 2.05) is 6.07 Å². The minimum atomic E-state index is -0.0923. The maximum atomic E-state index is 12.7. The second kappa shape index (κ2) is 7.01. The number of carbonyl (C=O) groups excluding carboxylic acids is 1. The van der Waals surface area contributed by atoms with Crippen molar-refractivity contribution in [1.82, 2.24) is 10.2 Å². The standard InChI is InChI=1S/C21H21ClN2OS/c1-13-9-10-24(21(13)26)19-12-18(16-7-2-3-8-17(16)19)23-20(25)14-5-4-6-15(22)11-14/h2-8,11,13,18-19H,9-10,12H2,1H3,(H,23,25)/t13?,18-,19-/m1/s1. The molecule has 2 aromatic rings. The van der Waals surface area contributed by atoms with Crippen LogP contribution in [0.25, 0.3) is 0 Å². The molecule has 5 heteroatoms. The summed E-state index contributed by atoms with van der Waals surface area (Å²) in [6.45, 7) is 3.19. The molecule has 2 aromatic carbocycles. The summed E-state index contributed by atoms with van der Waals surface area (Å²) in [4.78, 5) is 16.1. The number of rotatable bonds is 3. The number of carbonyl (C=O) groups is 1. The fourth-order valence-electron chi connectivity index (χ4n) is 4.07. The third kappa shape index (κ3) is 3.12. The van der Waals surface area contributed by atoms with Crippen molar-refractivity contribution in [3.63, 3.8) is 0 Å². The van der Waals surface area contributed by atoms with E-state index in [0.717, 1.165) is 24.4 Å². The Hall–Kier alpha value is -1.91. The quantitative estimate of drug-likeness (QED) is 0.762. The monoisotopic (exact) mass is 384 g/mol. The van der Waals surface area contributed by atoms with Crippen molar-refractivity contribution in [2.45, 2.75) is 31.8 Å². The van der Waals surface area contributed by atoms with Gasteiger partial charge in [0.1, 0.15) is 0 Å². The van der Waals surface area contributed by atoms with Gasteiger partial charge in [0, 0.05) is 23.0 Å². The average Bonchev–Trinajstić information content (AvgIpc) is 3.16. The van der Waals surface area contributed by atoms with Crippen molar-refractivity contribution in [3.8, 4) is 0 Å².